The molecule has 0 bridgehead atoms. The third kappa shape index (κ3) is 2.42. The van der Waals surface area contributed by atoms with Crippen molar-refractivity contribution in [3.05, 3.63) is 59.7 Å². The van der Waals surface area contributed by atoms with Crippen LogP contribution in [-0.2, 0) is 6.42 Å². The van der Waals surface area contributed by atoms with E-state index < -0.39 is 5.91 Å². The lowest BCUT2D eigenvalue weighted by molar-refractivity contribution is 0.0999. The van der Waals surface area contributed by atoms with Crippen LogP contribution in [-0.4, -0.2) is 15.9 Å². The van der Waals surface area contributed by atoms with Gasteiger partial charge >= 0.3 is 0 Å². The van der Waals surface area contributed by atoms with Gasteiger partial charge in [-0.05, 0) is 5.56 Å². The van der Waals surface area contributed by atoms with Gasteiger partial charge in [0.1, 0.15) is 5.82 Å². The van der Waals surface area contributed by atoms with Crippen molar-refractivity contribution in [1.29, 1.82) is 0 Å². The minimum atomic E-state index is -0.508. The molecule has 0 saturated carbocycles. The summed E-state index contributed by atoms with van der Waals surface area (Å²) in [7, 11) is 0. The van der Waals surface area contributed by atoms with E-state index in [-0.39, 0.29) is 0 Å². The van der Waals surface area contributed by atoms with Crippen molar-refractivity contribution >= 4 is 5.91 Å². The number of carbonyl (C=O) groups is 1. The Balaban J connectivity index is 2.14. The molecule has 80 valence electrons. The van der Waals surface area contributed by atoms with Gasteiger partial charge in [-0.1, -0.05) is 30.3 Å². The number of carbonyl (C=O) groups excluding carboxylic acids is 1. The first-order valence-corrected chi connectivity index (χ1v) is 4.90. The van der Waals surface area contributed by atoms with Crippen molar-refractivity contribution in [2.45, 2.75) is 6.42 Å². The Kier molecular flexibility index (Phi) is 2.91. The van der Waals surface area contributed by atoms with Crippen LogP contribution >= 0.6 is 0 Å². The minimum absolute atomic E-state index is 0.330. The fourth-order valence-electron chi connectivity index (χ4n) is 1.35. The summed E-state index contributed by atoms with van der Waals surface area (Å²) >= 11 is 0. The maximum absolute atomic E-state index is 10.8. The molecule has 1 aromatic heterocycles. The van der Waals surface area contributed by atoms with Gasteiger partial charge in [0.15, 0.2) is 0 Å². The van der Waals surface area contributed by atoms with Crippen LogP contribution in [0.25, 0.3) is 0 Å². The number of amides is 1. The summed E-state index contributed by atoms with van der Waals surface area (Å²) in [6, 6.07) is 9.90. The highest BCUT2D eigenvalue weighted by molar-refractivity contribution is 5.92. The van der Waals surface area contributed by atoms with Gasteiger partial charge in [-0.25, -0.2) is 9.97 Å². The van der Waals surface area contributed by atoms with Gasteiger partial charge in [-0.3, -0.25) is 4.79 Å². The van der Waals surface area contributed by atoms with Crippen molar-refractivity contribution in [2.75, 3.05) is 0 Å². The Labute approximate surface area is 93.2 Å². The number of nitrogens with zero attached hydrogens (tertiary/aromatic N) is 2. The Bertz CT molecular complexity index is 479. The zero-order valence-electron chi connectivity index (χ0n) is 8.63. The monoisotopic (exact) mass is 213 g/mol. The van der Waals surface area contributed by atoms with Crippen LogP contribution in [0.2, 0.25) is 0 Å². The van der Waals surface area contributed by atoms with E-state index in [9.17, 15) is 4.79 Å². The van der Waals surface area contributed by atoms with E-state index in [1.165, 1.54) is 12.4 Å². The smallest absolute Gasteiger partial charge is 0.251 e. The number of hydrogen-bond donors (Lipinski definition) is 1. The molecule has 2 N–H and O–H groups in total. The van der Waals surface area contributed by atoms with E-state index in [0.29, 0.717) is 17.8 Å². The molecule has 0 aliphatic rings. The molecule has 1 amide bonds. The molecule has 0 aliphatic carbocycles. The SMILES string of the molecule is NC(=O)c1cnc(Cc2ccccc2)nc1. The average molecular weight is 213 g/mol. The van der Waals surface area contributed by atoms with E-state index in [0.717, 1.165) is 5.56 Å². The molecule has 1 aromatic carbocycles. The predicted molar refractivity (Wildman–Crippen MR) is 59.8 cm³/mol. The lowest BCUT2D eigenvalue weighted by Crippen LogP contribution is -2.12. The molecule has 2 aromatic rings. The van der Waals surface area contributed by atoms with Crippen LogP contribution in [0, 0.1) is 0 Å². The molecule has 0 fully saturated rings. The second-order valence-electron chi connectivity index (χ2n) is 3.41. The molecule has 0 unspecified atom stereocenters. The first-order chi connectivity index (χ1) is 7.75. The van der Waals surface area contributed by atoms with E-state index in [2.05, 4.69) is 9.97 Å². The largest absolute Gasteiger partial charge is 0.366 e. The maximum atomic E-state index is 10.8. The van der Waals surface area contributed by atoms with E-state index in [1.807, 2.05) is 30.3 Å². The highest BCUT2D eigenvalue weighted by Gasteiger charge is 2.02. The standard InChI is InChI=1S/C12H11N3O/c13-12(16)10-7-14-11(15-8-10)6-9-4-2-1-3-5-9/h1-5,7-8H,6H2,(H2,13,16). The van der Waals surface area contributed by atoms with Crippen LogP contribution in [0.5, 0.6) is 0 Å². The highest BCUT2D eigenvalue weighted by atomic mass is 16.1. The average Bonchev–Trinajstić information content (AvgIpc) is 2.31. The second kappa shape index (κ2) is 4.53. The number of aromatic nitrogens is 2. The van der Waals surface area contributed by atoms with Gasteiger partial charge in [0.2, 0.25) is 0 Å². The normalized spacial score (nSPS) is 10.0. The third-order valence-corrected chi connectivity index (χ3v) is 2.19. The van der Waals surface area contributed by atoms with E-state index in [4.69, 9.17) is 5.73 Å². The van der Waals surface area contributed by atoms with Crippen LogP contribution in [0.4, 0.5) is 0 Å². The van der Waals surface area contributed by atoms with Gasteiger partial charge in [-0.2, -0.15) is 0 Å². The Hall–Kier alpha value is -2.23. The number of primary amides is 1. The summed E-state index contributed by atoms with van der Waals surface area (Å²) in [5, 5.41) is 0. The first-order valence-electron chi connectivity index (χ1n) is 4.90. The molecule has 0 spiro atoms. The zero-order chi connectivity index (χ0) is 11.4. The van der Waals surface area contributed by atoms with Crippen LogP contribution in [0.15, 0.2) is 42.7 Å². The van der Waals surface area contributed by atoms with Gasteiger partial charge in [0.25, 0.3) is 5.91 Å². The molecule has 16 heavy (non-hydrogen) atoms. The summed E-state index contributed by atoms with van der Waals surface area (Å²) in [6.45, 7) is 0. The minimum Gasteiger partial charge on any atom is -0.366 e. The van der Waals surface area contributed by atoms with Crippen LogP contribution in [0.3, 0.4) is 0 Å². The maximum Gasteiger partial charge on any atom is 0.251 e. The van der Waals surface area contributed by atoms with Crippen molar-refractivity contribution < 1.29 is 4.79 Å². The Morgan fingerprint density at radius 2 is 1.75 bits per heavy atom. The number of nitrogens with two attached hydrogens (primary N) is 1. The van der Waals surface area contributed by atoms with Crippen molar-refractivity contribution in [1.82, 2.24) is 9.97 Å². The summed E-state index contributed by atoms with van der Waals surface area (Å²) in [6.07, 6.45) is 3.56. The van der Waals surface area contributed by atoms with Gasteiger partial charge < -0.3 is 5.73 Å². The second-order valence-corrected chi connectivity index (χ2v) is 3.41. The lowest BCUT2D eigenvalue weighted by Gasteiger charge is -2.00. The first kappa shape index (κ1) is 10.3. The fraction of sp³-hybridized carbons (Fsp3) is 0.0833. The van der Waals surface area contributed by atoms with Crippen molar-refractivity contribution in [3.63, 3.8) is 0 Å². The molecule has 0 radical (unpaired) electrons. The predicted octanol–water partition coefficient (Wildman–Crippen LogP) is 1.17. The molecule has 4 heteroatoms. The molecule has 0 atom stereocenters. The third-order valence-electron chi connectivity index (χ3n) is 2.19. The summed E-state index contributed by atoms with van der Waals surface area (Å²) in [5.74, 6) is 0.169. The molecule has 1 heterocycles. The van der Waals surface area contributed by atoms with E-state index in [1.54, 1.807) is 0 Å². The van der Waals surface area contributed by atoms with Crippen molar-refractivity contribution in [2.24, 2.45) is 5.73 Å². The Morgan fingerprint density at radius 3 is 2.31 bits per heavy atom. The fourth-order valence-corrected chi connectivity index (χ4v) is 1.35. The summed E-state index contributed by atoms with van der Waals surface area (Å²) in [4.78, 5) is 19.0. The van der Waals surface area contributed by atoms with E-state index >= 15 is 0 Å². The number of benzene rings is 1. The molecule has 4 nitrogen and oxygen atoms in total. The molecule has 0 saturated heterocycles. The van der Waals surface area contributed by atoms with Crippen LogP contribution < -0.4 is 5.73 Å². The summed E-state index contributed by atoms with van der Waals surface area (Å²) in [5.41, 5.74) is 6.56. The highest BCUT2D eigenvalue weighted by Crippen LogP contribution is 2.04. The molecular formula is C12H11N3O. The van der Waals surface area contributed by atoms with Crippen LogP contribution in [0.1, 0.15) is 21.7 Å². The quantitative estimate of drug-likeness (QED) is 0.832. The molecular weight excluding hydrogens is 202 g/mol. The van der Waals surface area contributed by atoms with Gasteiger partial charge in [0.05, 0.1) is 5.56 Å². The molecule has 2 rings (SSSR count). The Morgan fingerprint density at radius 1 is 1.12 bits per heavy atom. The lowest BCUT2D eigenvalue weighted by atomic mass is 10.1. The number of rotatable bonds is 3. The van der Waals surface area contributed by atoms with Gasteiger partial charge in [-0.15, -0.1) is 0 Å². The molecule has 0 aliphatic heterocycles. The zero-order valence-corrected chi connectivity index (χ0v) is 8.63. The van der Waals surface area contributed by atoms with Crippen molar-refractivity contribution in [3.8, 4) is 0 Å². The van der Waals surface area contributed by atoms with Gasteiger partial charge in [0, 0.05) is 18.8 Å². The number of hydrogen-bond acceptors (Lipinski definition) is 3. The topological polar surface area (TPSA) is 68.9 Å². The summed E-state index contributed by atoms with van der Waals surface area (Å²) < 4.78 is 0.